The molecule has 0 spiro atoms. The number of hydrogen-bond donors (Lipinski definition) is 0. The van der Waals surface area contributed by atoms with Crippen molar-refractivity contribution in [2.24, 2.45) is 5.92 Å². The summed E-state index contributed by atoms with van der Waals surface area (Å²) >= 11 is 6.64. The second-order valence-corrected chi connectivity index (χ2v) is 9.60. The number of aromatic nitrogens is 2. The first-order valence-electron chi connectivity index (χ1n) is 9.90. The minimum Gasteiger partial charge on any atom is -0.356 e. The summed E-state index contributed by atoms with van der Waals surface area (Å²) in [4.78, 5) is 35.3. The molecule has 0 aromatic carbocycles. The van der Waals surface area contributed by atoms with Crippen molar-refractivity contribution < 1.29 is 4.79 Å². The Morgan fingerprint density at radius 2 is 2.10 bits per heavy atom. The van der Waals surface area contributed by atoms with Gasteiger partial charge in [0.15, 0.2) is 0 Å². The number of fused-ring (bicyclic) bond motifs is 1. The molecule has 1 atom stereocenters. The third-order valence-electron chi connectivity index (χ3n) is 5.32. The molecule has 4 heterocycles. The standard InChI is InChI=1S/C21H24N4O2S2/c1-13(2)25-20(27)16(29-21(25)28)11-15-18(23-9-6-7-14(3)12-23)22-17-8-4-5-10-24(17)19(15)26/h4-5,8,10-11,13-14H,6-7,9,12H2,1-3H3/b16-11+/t14-/m0/s1. The second kappa shape index (κ2) is 7.91. The van der Waals surface area contributed by atoms with Crippen LogP contribution in [0.15, 0.2) is 34.1 Å². The first kappa shape index (κ1) is 20.1. The number of piperidine rings is 1. The number of carbonyl (C=O) groups is 1. The highest BCUT2D eigenvalue weighted by atomic mass is 32.2. The summed E-state index contributed by atoms with van der Waals surface area (Å²) in [6.45, 7) is 7.78. The first-order valence-corrected chi connectivity index (χ1v) is 11.1. The van der Waals surface area contributed by atoms with Gasteiger partial charge >= 0.3 is 0 Å². The van der Waals surface area contributed by atoms with Gasteiger partial charge < -0.3 is 4.90 Å². The maximum atomic E-state index is 13.3. The molecule has 29 heavy (non-hydrogen) atoms. The predicted octanol–water partition coefficient (Wildman–Crippen LogP) is 3.54. The van der Waals surface area contributed by atoms with Crippen molar-refractivity contribution in [2.45, 2.75) is 39.7 Å². The fourth-order valence-corrected chi connectivity index (χ4v) is 5.40. The van der Waals surface area contributed by atoms with Crippen LogP contribution in [0, 0.1) is 5.92 Å². The molecule has 152 valence electrons. The number of thiocarbonyl (C=S) groups is 1. The van der Waals surface area contributed by atoms with E-state index in [1.54, 1.807) is 23.2 Å². The van der Waals surface area contributed by atoms with Crippen molar-refractivity contribution in [3.63, 3.8) is 0 Å². The zero-order valence-corrected chi connectivity index (χ0v) is 18.4. The Kier molecular flexibility index (Phi) is 5.48. The zero-order chi connectivity index (χ0) is 20.7. The highest BCUT2D eigenvalue weighted by Gasteiger charge is 2.34. The number of hydrogen-bond acceptors (Lipinski definition) is 6. The van der Waals surface area contributed by atoms with Crippen LogP contribution in [0.4, 0.5) is 5.82 Å². The first-order chi connectivity index (χ1) is 13.9. The lowest BCUT2D eigenvalue weighted by molar-refractivity contribution is -0.123. The summed E-state index contributed by atoms with van der Waals surface area (Å²) in [7, 11) is 0. The van der Waals surface area contributed by atoms with Gasteiger partial charge in [-0.1, -0.05) is 37.0 Å². The van der Waals surface area contributed by atoms with E-state index >= 15 is 0 Å². The molecule has 8 heteroatoms. The van der Waals surface area contributed by atoms with Crippen LogP contribution in [-0.2, 0) is 4.79 Å². The van der Waals surface area contributed by atoms with Crippen LogP contribution in [0.2, 0.25) is 0 Å². The number of carbonyl (C=O) groups excluding carboxylic acids is 1. The number of rotatable bonds is 3. The highest BCUT2D eigenvalue weighted by Crippen LogP contribution is 2.35. The summed E-state index contributed by atoms with van der Waals surface area (Å²) in [5.74, 6) is 1.04. The fraction of sp³-hybridized carbons (Fsp3) is 0.429. The predicted molar refractivity (Wildman–Crippen MR) is 122 cm³/mol. The molecule has 4 rings (SSSR count). The molecule has 2 aliphatic rings. The van der Waals surface area contributed by atoms with Gasteiger partial charge in [0, 0.05) is 25.3 Å². The van der Waals surface area contributed by atoms with Gasteiger partial charge in [0.05, 0.1) is 10.5 Å². The van der Waals surface area contributed by atoms with Crippen LogP contribution in [0.25, 0.3) is 11.7 Å². The van der Waals surface area contributed by atoms with E-state index in [1.165, 1.54) is 22.6 Å². The van der Waals surface area contributed by atoms with Crippen LogP contribution >= 0.6 is 24.0 Å². The van der Waals surface area contributed by atoms with E-state index in [4.69, 9.17) is 17.2 Å². The van der Waals surface area contributed by atoms with E-state index in [2.05, 4.69) is 11.8 Å². The molecule has 2 aliphatic heterocycles. The van der Waals surface area contributed by atoms with Gasteiger partial charge in [-0.15, -0.1) is 0 Å². The summed E-state index contributed by atoms with van der Waals surface area (Å²) in [6.07, 6.45) is 5.63. The maximum Gasteiger partial charge on any atom is 0.267 e. The fourth-order valence-electron chi connectivity index (χ4n) is 3.90. The Morgan fingerprint density at radius 1 is 1.31 bits per heavy atom. The molecular weight excluding hydrogens is 404 g/mol. The lowest BCUT2D eigenvalue weighted by Crippen LogP contribution is -2.37. The zero-order valence-electron chi connectivity index (χ0n) is 16.8. The van der Waals surface area contributed by atoms with E-state index in [1.807, 2.05) is 26.0 Å². The van der Waals surface area contributed by atoms with Crippen LogP contribution in [0.3, 0.4) is 0 Å². The number of anilines is 1. The lowest BCUT2D eigenvalue weighted by atomic mass is 10.00. The molecular formula is C21H24N4O2S2. The van der Waals surface area contributed by atoms with Crippen molar-refractivity contribution in [1.82, 2.24) is 14.3 Å². The normalized spacial score (nSPS) is 21.8. The summed E-state index contributed by atoms with van der Waals surface area (Å²) in [6, 6.07) is 5.49. The van der Waals surface area contributed by atoms with Crippen molar-refractivity contribution in [1.29, 1.82) is 0 Å². The van der Waals surface area contributed by atoms with E-state index in [0.29, 0.717) is 32.2 Å². The average molecular weight is 429 g/mol. The van der Waals surface area contributed by atoms with Crippen LogP contribution < -0.4 is 10.5 Å². The third-order valence-corrected chi connectivity index (χ3v) is 6.65. The lowest BCUT2D eigenvalue weighted by Gasteiger charge is -2.32. The molecule has 1 amide bonds. The Balaban J connectivity index is 1.88. The molecule has 0 radical (unpaired) electrons. The average Bonchev–Trinajstić information content (AvgIpc) is 2.97. The highest BCUT2D eigenvalue weighted by molar-refractivity contribution is 8.26. The summed E-state index contributed by atoms with van der Waals surface area (Å²) in [5, 5.41) is 0. The van der Waals surface area contributed by atoms with Crippen molar-refractivity contribution >= 4 is 51.7 Å². The van der Waals surface area contributed by atoms with E-state index in [9.17, 15) is 9.59 Å². The van der Waals surface area contributed by atoms with Gasteiger partial charge in [0.2, 0.25) is 0 Å². The molecule has 0 N–H and O–H groups in total. The number of amides is 1. The molecule has 2 aromatic heterocycles. The van der Waals surface area contributed by atoms with Gasteiger partial charge in [0.25, 0.3) is 11.5 Å². The SMILES string of the molecule is CC(C)N1C(=O)/C(=C\c2c(N3CCC[C@H](C)C3)nc3ccccn3c2=O)SC1=S. The Hall–Kier alpha value is -2.19. The largest absolute Gasteiger partial charge is 0.356 e. The van der Waals surface area contributed by atoms with Crippen molar-refractivity contribution in [3.8, 4) is 0 Å². The van der Waals surface area contributed by atoms with Crippen LogP contribution in [0.1, 0.15) is 39.2 Å². The third kappa shape index (κ3) is 3.71. The maximum absolute atomic E-state index is 13.3. The molecule has 0 unspecified atom stereocenters. The molecule has 0 aliphatic carbocycles. The topological polar surface area (TPSA) is 57.9 Å². The van der Waals surface area contributed by atoms with Crippen molar-refractivity contribution in [2.75, 3.05) is 18.0 Å². The van der Waals surface area contributed by atoms with Crippen LogP contribution in [-0.4, -0.2) is 43.6 Å². The van der Waals surface area contributed by atoms with Gasteiger partial charge in [-0.05, 0) is 50.8 Å². The van der Waals surface area contributed by atoms with Gasteiger partial charge in [-0.2, -0.15) is 0 Å². The second-order valence-electron chi connectivity index (χ2n) is 7.92. The molecule has 2 fully saturated rings. The van der Waals surface area contributed by atoms with Gasteiger partial charge in [-0.25, -0.2) is 4.98 Å². The van der Waals surface area contributed by atoms with Crippen LogP contribution in [0.5, 0.6) is 0 Å². The van der Waals surface area contributed by atoms with Gasteiger partial charge in [0.1, 0.15) is 15.8 Å². The minimum atomic E-state index is -0.168. The molecule has 0 saturated carbocycles. The van der Waals surface area contributed by atoms with Gasteiger partial charge in [-0.3, -0.25) is 18.9 Å². The molecule has 0 bridgehead atoms. The van der Waals surface area contributed by atoms with E-state index < -0.39 is 0 Å². The number of thioether (sulfide) groups is 1. The quantitative estimate of drug-likeness (QED) is 0.551. The molecule has 6 nitrogen and oxygen atoms in total. The smallest absolute Gasteiger partial charge is 0.267 e. The van der Waals surface area contributed by atoms with Crippen molar-refractivity contribution in [3.05, 3.63) is 45.2 Å². The molecule has 2 aromatic rings. The Bertz CT molecular complexity index is 1080. The number of nitrogens with zero attached hydrogens (tertiary/aromatic N) is 4. The summed E-state index contributed by atoms with van der Waals surface area (Å²) < 4.78 is 2.06. The number of pyridine rings is 1. The summed E-state index contributed by atoms with van der Waals surface area (Å²) in [5.41, 5.74) is 0.892. The Labute approximate surface area is 179 Å². The van der Waals surface area contributed by atoms with E-state index in [-0.39, 0.29) is 17.5 Å². The monoisotopic (exact) mass is 428 g/mol. The molecule has 2 saturated heterocycles. The Morgan fingerprint density at radius 3 is 2.79 bits per heavy atom. The van der Waals surface area contributed by atoms with E-state index in [0.717, 1.165) is 19.5 Å². The minimum absolute atomic E-state index is 0.0216.